The molecule has 1 atom stereocenters. The van der Waals surface area contributed by atoms with Crippen LogP contribution in [0.25, 0.3) is 11.0 Å². The van der Waals surface area contributed by atoms with Crippen LogP contribution < -0.4 is 5.32 Å². The number of rotatable bonds is 6. The molecular formula is C16H19NO4. The Kier molecular flexibility index (Phi) is 4.98. The second-order valence-electron chi connectivity index (χ2n) is 4.89. The van der Waals surface area contributed by atoms with Gasteiger partial charge in [0.15, 0.2) is 6.61 Å². The lowest BCUT2D eigenvalue weighted by molar-refractivity contribution is -0.148. The molecule has 0 spiro atoms. The summed E-state index contributed by atoms with van der Waals surface area (Å²) in [4.78, 5) is 22.9. The van der Waals surface area contributed by atoms with Crippen molar-refractivity contribution in [3.8, 4) is 0 Å². The first-order chi connectivity index (χ1) is 10.1. The van der Waals surface area contributed by atoms with Gasteiger partial charge in [-0.25, -0.2) is 0 Å². The molecule has 0 radical (unpaired) electrons. The van der Waals surface area contributed by atoms with E-state index in [1.54, 1.807) is 0 Å². The quantitative estimate of drug-likeness (QED) is 0.830. The number of ether oxygens (including phenoxy) is 1. The third-order valence-electron chi connectivity index (χ3n) is 3.07. The first kappa shape index (κ1) is 15.1. The van der Waals surface area contributed by atoms with Crippen LogP contribution in [0.4, 0.5) is 0 Å². The lowest BCUT2D eigenvalue weighted by Crippen LogP contribution is -2.30. The molecule has 1 N–H and O–H groups in total. The Morgan fingerprint density at radius 2 is 2.10 bits per heavy atom. The Hall–Kier alpha value is -2.30. The number of carbonyl (C=O) groups excluding carboxylic acids is 2. The number of furan rings is 1. The Bertz CT molecular complexity index is 599. The number of amides is 1. The number of esters is 1. The molecule has 2 rings (SSSR count). The zero-order chi connectivity index (χ0) is 15.2. The van der Waals surface area contributed by atoms with Crippen molar-refractivity contribution < 1.29 is 18.7 Å². The van der Waals surface area contributed by atoms with Gasteiger partial charge in [-0.2, -0.15) is 0 Å². The summed E-state index contributed by atoms with van der Waals surface area (Å²) < 4.78 is 10.5. The van der Waals surface area contributed by atoms with E-state index in [1.807, 2.05) is 44.2 Å². The van der Waals surface area contributed by atoms with Crippen molar-refractivity contribution in [3.05, 3.63) is 36.1 Å². The van der Waals surface area contributed by atoms with E-state index in [9.17, 15) is 9.59 Å². The maximum Gasteiger partial charge on any atom is 0.306 e. The summed E-state index contributed by atoms with van der Waals surface area (Å²) in [6.07, 6.45) is 1.03. The van der Waals surface area contributed by atoms with Gasteiger partial charge in [-0.1, -0.05) is 25.1 Å². The molecule has 5 nitrogen and oxygen atoms in total. The van der Waals surface area contributed by atoms with Crippen LogP contribution in [0.15, 0.2) is 34.7 Å². The molecule has 1 amide bonds. The van der Waals surface area contributed by atoms with E-state index in [4.69, 9.17) is 9.15 Å². The van der Waals surface area contributed by atoms with Gasteiger partial charge in [0, 0.05) is 11.8 Å². The number of carbonyl (C=O) groups is 2. The van der Waals surface area contributed by atoms with Gasteiger partial charge in [0.25, 0.3) is 5.91 Å². The minimum atomic E-state index is -0.357. The van der Waals surface area contributed by atoms with Crippen LogP contribution in [-0.2, 0) is 14.3 Å². The highest BCUT2D eigenvalue weighted by atomic mass is 16.5. The van der Waals surface area contributed by atoms with Crippen LogP contribution in [0.3, 0.4) is 0 Å². The van der Waals surface area contributed by atoms with Crippen LogP contribution in [0.2, 0.25) is 0 Å². The number of nitrogens with one attached hydrogen (secondary N) is 1. The van der Waals surface area contributed by atoms with E-state index >= 15 is 0 Å². The molecule has 1 heterocycles. The third kappa shape index (κ3) is 4.08. The van der Waals surface area contributed by atoms with Crippen LogP contribution >= 0.6 is 0 Å². The van der Waals surface area contributed by atoms with Crippen molar-refractivity contribution >= 4 is 22.8 Å². The molecule has 1 aromatic carbocycles. The van der Waals surface area contributed by atoms with Crippen molar-refractivity contribution in [2.75, 3.05) is 6.61 Å². The SMILES string of the molecule is CCCC(=O)OCC(=O)N[C@H](C)c1cc2ccccc2o1. The highest BCUT2D eigenvalue weighted by Gasteiger charge is 2.15. The largest absolute Gasteiger partial charge is 0.459 e. The predicted molar refractivity (Wildman–Crippen MR) is 78.6 cm³/mol. The van der Waals surface area contributed by atoms with E-state index in [-0.39, 0.29) is 24.5 Å². The molecule has 0 aliphatic rings. The molecule has 2 aromatic rings. The van der Waals surface area contributed by atoms with Gasteiger partial charge >= 0.3 is 5.97 Å². The van der Waals surface area contributed by atoms with E-state index < -0.39 is 0 Å². The molecular weight excluding hydrogens is 270 g/mol. The van der Waals surface area contributed by atoms with Crippen LogP contribution in [0.1, 0.15) is 38.5 Å². The monoisotopic (exact) mass is 289 g/mol. The summed E-state index contributed by atoms with van der Waals surface area (Å²) in [6.45, 7) is 3.44. The van der Waals surface area contributed by atoms with Gasteiger partial charge in [0.2, 0.25) is 0 Å². The van der Waals surface area contributed by atoms with E-state index in [1.165, 1.54) is 0 Å². The molecule has 0 saturated heterocycles. The molecule has 0 fully saturated rings. The highest BCUT2D eigenvalue weighted by Crippen LogP contribution is 2.23. The molecule has 5 heteroatoms. The van der Waals surface area contributed by atoms with Crippen LogP contribution in [0.5, 0.6) is 0 Å². The van der Waals surface area contributed by atoms with Crippen molar-refractivity contribution in [3.63, 3.8) is 0 Å². The van der Waals surface area contributed by atoms with Gasteiger partial charge in [0.1, 0.15) is 11.3 Å². The van der Waals surface area contributed by atoms with Crippen molar-refractivity contribution in [1.29, 1.82) is 0 Å². The Morgan fingerprint density at radius 3 is 2.81 bits per heavy atom. The average molecular weight is 289 g/mol. The maximum atomic E-state index is 11.7. The Labute approximate surface area is 123 Å². The summed E-state index contributed by atoms with van der Waals surface area (Å²) in [5.74, 6) is -0.0270. The molecule has 0 unspecified atom stereocenters. The molecule has 21 heavy (non-hydrogen) atoms. The topological polar surface area (TPSA) is 68.5 Å². The van der Waals surface area contributed by atoms with E-state index in [0.29, 0.717) is 18.6 Å². The fraction of sp³-hybridized carbons (Fsp3) is 0.375. The zero-order valence-corrected chi connectivity index (χ0v) is 12.2. The number of para-hydroxylation sites is 1. The molecule has 0 aliphatic heterocycles. The third-order valence-corrected chi connectivity index (χ3v) is 3.07. The van der Waals surface area contributed by atoms with Gasteiger partial charge in [-0.15, -0.1) is 0 Å². The highest BCUT2D eigenvalue weighted by molar-refractivity contribution is 5.81. The van der Waals surface area contributed by atoms with Crippen molar-refractivity contribution in [2.45, 2.75) is 32.7 Å². The normalized spacial score (nSPS) is 12.1. The molecule has 0 aliphatic carbocycles. The van der Waals surface area contributed by atoms with Gasteiger partial charge in [-0.3, -0.25) is 9.59 Å². The zero-order valence-electron chi connectivity index (χ0n) is 12.2. The number of hydrogen-bond acceptors (Lipinski definition) is 4. The second kappa shape index (κ2) is 6.92. The summed E-state index contributed by atoms with van der Waals surface area (Å²) in [6, 6.07) is 9.26. The Balaban J connectivity index is 1.90. The van der Waals surface area contributed by atoms with Crippen molar-refractivity contribution in [1.82, 2.24) is 5.32 Å². The summed E-state index contributed by atoms with van der Waals surface area (Å²) >= 11 is 0. The first-order valence-electron chi connectivity index (χ1n) is 7.03. The summed E-state index contributed by atoms with van der Waals surface area (Å²) in [5.41, 5.74) is 0.781. The summed E-state index contributed by atoms with van der Waals surface area (Å²) in [7, 11) is 0. The predicted octanol–water partition coefficient (Wildman–Crippen LogP) is 2.95. The van der Waals surface area contributed by atoms with Gasteiger partial charge < -0.3 is 14.5 Å². The van der Waals surface area contributed by atoms with Gasteiger partial charge in [-0.05, 0) is 25.5 Å². The standard InChI is InChI=1S/C16H19NO4/c1-3-6-16(19)20-10-15(18)17-11(2)14-9-12-7-4-5-8-13(12)21-14/h4-5,7-9,11H,3,6,10H2,1-2H3,(H,17,18)/t11-/m1/s1. The van der Waals surface area contributed by atoms with E-state index in [2.05, 4.69) is 5.32 Å². The average Bonchev–Trinajstić information content (AvgIpc) is 2.89. The van der Waals surface area contributed by atoms with Crippen LogP contribution in [-0.4, -0.2) is 18.5 Å². The number of benzene rings is 1. The summed E-state index contributed by atoms with van der Waals surface area (Å²) in [5, 5.41) is 3.73. The first-order valence-corrected chi connectivity index (χ1v) is 7.03. The molecule has 0 bridgehead atoms. The van der Waals surface area contributed by atoms with Crippen molar-refractivity contribution in [2.24, 2.45) is 0 Å². The molecule has 112 valence electrons. The number of hydrogen-bond donors (Lipinski definition) is 1. The second-order valence-corrected chi connectivity index (χ2v) is 4.89. The lowest BCUT2D eigenvalue weighted by atomic mass is 10.2. The fourth-order valence-electron chi connectivity index (χ4n) is 1.99. The lowest BCUT2D eigenvalue weighted by Gasteiger charge is -2.11. The molecule has 1 aromatic heterocycles. The smallest absolute Gasteiger partial charge is 0.306 e. The minimum Gasteiger partial charge on any atom is -0.459 e. The molecule has 0 saturated carbocycles. The fourth-order valence-corrected chi connectivity index (χ4v) is 1.99. The Morgan fingerprint density at radius 1 is 1.33 bits per heavy atom. The maximum absolute atomic E-state index is 11.7. The van der Waals surface area contributed by atoms with Crippen LogP contribution in [0, 0.1) is 0 Å². The van der Waals surface area contributed by atoms with E-state index in [0.717, 1.165) is 11.0 Å². The minimum absolute atomic E-state index is 0.261. The van der Waals surface area contributed by atoms with Gasteiger partial charge in [0.05, 0.1) is 6.04 Å². The number of fused-ring (bicyclic) bond motifs is 1.